The van der Waals surface area contributed by atoms with Crippen LogP contribution in [0.15, 0.2) is 0 Å². The summed E-state index contributed by atoms with van der Waals surface area (Å²) in [6.45, 7) is 1.04. The molecule has 0 aromatic heterocycles. The Morgan fingerprint density at radius 2 is 1.93 bits per heavy atom. The molecule has 0 saturated heterocycles. The van der Waals surface area contributed by atoms with Gasteiger partial charge in [0.1, 0.15) is 11.8 Å². The van der Waals surface area contributed by atoms with E-state index in [1.807, 2.05) is 5.32 Å². The zero-order valence-electron chi connectivity index (χ0n) is 8.72. The normalized spacial score (nSPS) is 12.4. The monoisotopic (exact) mass is 219 g/mol. The van der Waals surface area contributed by atoms with Crippen LogP contribution in [0, 0.1) is 0 Å². The minimum Gasteiger partial charge on any atom is -1.00 e. The van der Waals surface area contributed by atoms with Crippen LogP contribution < -0.4 is 24.2 Å². The third kappa shape index (κ3) is 8.06. The molecule has 0 saturated carbocycles. The average molecular weight is 219 g/mol. The molecule has 0 fully saturated rings. The second-order valence-electron chi connectivity index (χ2n) is 2.34. The predicted molar refractivity (Wildman–Crippen MR) is 42.8 cm³/mol. The number of carboxylic acid groups (broad SMARTS) is 1. The maximum atomic E-state index is 10.4. The third-order valence-corrected chi connectivity index (χ3v) is 1.81. The smallest absolute Gasteiger partial charge is 1.00 e. The van der Waals surface area contributed by atoms with E-state index in [1.54, 1.807) is 0 Å². The van der Waals surface area contributed by atoms with Crippen LogP contribution in [-0.4, -0.2) is 41.7 Å². The Bertz CT molecular complexity index is 317. The maximum Gasteiger partial charge on any atom is 1.00 e. The molecule has 0 bridgehead atoms. The van der Waals surface area contributed by atoms with Crippen molar-refractivity contribution in [1.29, 1.82) is 0 Å². The molecule has 1 atom stereocenters. The van der Waals surface area contributed by atoms with Crippen molar-refractivity contribution in [2.75, 3.05) is 5.75 Å². The Balaban J connectivity index is -0.000000720. The Morgan fingerprint density at radius 3 is 2.14 bits per heavy atom. The van der Waals surface area contributed by atoms with E-state index in [1.165, 1.54) is 0 Å². The molecule has 0 rings (SSSR count). The number of hydrogen-bond acceptors (Lipinski definition) is 4. The van der Waals surface area contributed by atoms with Crippen molar-refractivity contribution in [3.05, 3.63) is 0 Å². The van der Waals surface area contributed by atoms with Crippen LogP contribution in [0.25, 0.3) is 0 Å². The molecule has 7 nitrogen and oxygen atoms in total. The van der Waals surface area contributed by atoms with Crippen LogP contribution in [0.4, 0.5) is 0 Å². The standard InChI is InChI=1S/C5H9NO6S.Li.H/c1-3(7)6-4(5(8)9)2-13(10,11)12;;/h4H,2H2,1H3,(H,6,7)(H,8,9)(H,10,11,12);;/q;+1;-1/t4-;;/m1../s1. The summed E-state index contributed by atoms with van der Waals surface area (Å²) < 4.78 is 28.8. The number of nitrogens with one attached hydrogen (secondary N) is 1. The molecule has 0 aliphatic carbocycles. The van der Waals surface area contributed by atoms with E-state index in [2.05, 4.69) is 0 Å². The van der Waals surface area contributed by atoms with Crippen LogP contribution >= 0.6 is 0 Å². The molecule has 3 N–H and O–H groups in total. The topological polar surface area (TPSA) is 121 Å². The first-order valence-electron chi connectivity index (χ1n) is 3.17. The zero-order valence-corrected chi connectivity index (χ0v) is 8.54. The van der Waals surface area contributed by atoms with Crippen molar-refractivity contribution < 1.29 is 48.0 Å². The summed E-state index contributed by atoms with van der Waals surface area (Å²) in [4.78, 5) is 20.7. The van der Waals surface area contributed by atoms with Crippen molar-refractivity contribution in [2.45, 2.75) is 13.0 Å². The van der Waals surface area contributed by atoms with E-state index in [-0.39, 0.29) is 20.3 Å². The summed E-state index contributed by atoms with van der Waals surface area (Å²) in [6, 6.07) is -1.62. The number of carbonyl (C=O) groups excluding carboxylic acids is 1. The van der Waals surface area contributed by atoms with E-state index in [0.717, 1.165) is 6.92 Å². The molecule has 0 aromatic carbocycles. The van der Waals surface area contributed by atoms with Crippen LogP contribution in [0.2, 0.25) is 0 Å². The second-order valence-corrected chi connectivity index (χ2v) is 3.84. The van der Waals surface area contributed by atoms with Gasteiger partial charge in [-0.2, -0.15) is 8.42 Å². The van der Waals surface area contributed by atoms with Crippen molar-refractivity contribution in [2.24, 2.45) is 0 Å². The summed E-state index contributed by atoms with van der Waals surface area (Å²) in [5.41, 5.74) is 0. The molecule has 0 aliphatic heterocycles. The van der Waals surface area contributed by atoms with Gasteiger partial charge < -0.3 is 11.8 Å². The fraction of sp³-hybridized carbons (Fsp3) is 0.600. The van der Waals surface area contributed by atoms with E-state index < -0.39 is 33.8 Å². The van der Waals surface area contributed by atoms with Crippen LogP contribution in [0.3, 0.4) is 0 Å². The SMILES string of the molecule is CC(=O)N[C@H](CS(=O)(=O)O)C(=O)O.[H-].[Li+]. The second kappa shape index (κ2) is 6.03. The Hall–Kier alpha value is -0.553. The maximum absolute atomic E-state index is 10.4. The number of amides is 1. The van der Waals surface area contributed by atoms with Crippen LogP contribution in [-0.2, 0) is 19.7 Å². The van der Waals surface area contributed by atoms with Gasteiger partial charge in [0.05, 0.1) is 0 Å². The van der Waals surface area contributed by atoms with Crippen molar-refractivity contribution in [3.8, 4) is 0 Å². The summed E-state index contributed by atoms with van der Waals surface area (Å²) in [7, 11) is -4.41. The van der Waals surface area contributed by atoms with Crippen LogP contribution in [0.1, 0.15) is 8.35 Å². The molecule has 0 heterocycles. The Morgan fingerprint density at radius 1 is 1.50 bits per heavy atom. The number of hydrogen-bond donors (Lipinski definition) is 3. The van der Waals surface area contributed by atoms with E-state index in [4.69, 9.17) is 9.66 Å². The molecular formula is C5H10LiNO6S. The van der Waals surface area contributed by atoms with Gasteiger partial charge in [-0.3, -0.25) is 9.35 Å². The number of carboxylic acids is 1. The van der Waals surface area contributed by atoms with Gasteiger partial charge in [-0.25, -0.2) is 4.79 Å². The number of carbonyl (C=O) groups is 2. The molecule has 14 heavy (non-hydrogen) atoms. The van der Waals surface area contributed by atoms with Gasteiger partial charge in [0.15, 0.2) is 0 Å². The fourth-order valence-corrected chi connectivity index (χ4v) is 1.28. The first-order valence-corrected chi connectivity index (χ1v) is 4.78. The first kappa shape index (κ1) is 15.9. The van der Waals surface area contributed by atoms with Gasteiger partial charge in [-0.05, 0) is 0 Å². The van der Waals surface area contributed by atoms with Gasteiger partial charge in [0, 0.05) is 6.92 Å². The molecule has 9 heteroatoms. The number of rotatable bonds is 4. The Kier molecular flexibility index (Phi) is 6.85. The van der Waals surface area contributed by atoms with Gasteiger partial charge in [-0.1, -0.05) is 0 Å². The van der Waals surface area contributed by atoms with Gasteiger partial charge in [-0.15, -0.1) is 0 Å². The largest absolute Gasteiger partial charge is 1.00 e. The summed E-state index contributed by atoms with van der Waals surface area (Å²) in [5.74, 6) is -3.24. The Labute approximate surface area is 94.3 Å². The zero-order chi connectivity index (χ0) is 10.6. The quantitative estimate of drug-likeness (QED) is 0.324. The molecule has 1 amide bonds. The van der Waals surface area contributed by atoms with Crippen molar-refractivity contribution in [1.82, 2.24) is 5.32 Å². The molecule has 0 aliphatic rings. The molecule has 0 radical (unpaired) electrons. The fourth-order valence-electron chi connectivity index (χ4n) is 0.631. The molecular weight excluding hydrogens is 209 g/mol. The number of aliphatic carboxylic acids is 1. The minimum absolute atomic E-state index is 0. The molecule has 0 aromatic rings. The average Bonchev–Trinajstić information content (AvgIpc) is 1.81. The summed E-state index contributed by atoms with van der Waals surface area (Å²) in [6.07, 6.45) is 0. The first-order chi connectivity index (χ1) is 5.72. The molecule has 78 valence electrons. The molecule has 0 unspecified atom stereocenters. The minimum atomic E-state index is -4.41. The van der Waals surface area contributed by atoms with E-state index in [0.29, 0.717) is 0 Å². The third-order valence-electron chi connectivity index (χ3n) is 1.05. The van der Waals surface area contributed by atoms with Gasteiger partial charge >= 0.3 is 24.8 Å². The predicted octanol–water partition coefficient (Wildman–Crippen LogP) is -4.42. The van der Waals surface area contributed by atoms with Gasteiger partial charge in [0.2, 0.25) is 5.91 Å². The summed E-state index contributed by atoms with van der Waals surface area (Å²) >= 11 is 0. The van der Waals surface area contributed by atoms with Crippen LogP contribution in [0.5, 0.6) is 0 Å². The summed E-state index contributed by atoms with van der Waals surface area (Å²) in [5, 5.41) is 10.3. The van der Waals surface area contributed by atoms with Crippen molar-refractivity contribution >= 4 is 22.0 Å². The van der Waals surface area contributed by atoms with E-state index in [9.17, 15) is 18.0 Å². The van der Waals surface area contributed by atoms with E-state index >= 15 is 0 Å². The van der Waals surface area contributed by atoms with Crippen molar-refractivity contribution in [3.63, 3.8) is 0 Å². The molecule has 0 spiro atoms. The van der Waals surface area contributed by atoms with Gasteiger partial charge in [0.25, 0.3) is 10.1 Å².